The third-order valence-electron chi connectivity index (χ3n) is 3.42. The highest BCUT2D eigenvalue weighted by Gasteiger charge is 1.91. The summed E-state index contributed by atoms with van der Waals surface area (Å²) in [6, 6.07) is 0. The Bertz CT molecular complexity index is 210. The Morgan fingerprint density at radius 2 is 1.11 bits per heavy atom. The molecule has 0 aromatic heterocycles. The molecule has 0 aliphatic heterocycles. The van der Waals surface area contributed by atoms with Gasteiger partial charge >= 0.3 is 0 Å². The molecule has 0 aromatic rings. The molecule has 0 fully saturated rings. The molecule has 0 saturated carbocycles. The average molecular weight is 264 g/mol. The highest BCUT2D eigenvalue weighted by Crippen LogP contribution is 2.10. The van der Waals surface area contributed by atoms with E-state index in [0.717, 1.165) is 5.92 Å². The van der Waals surface area contributed by atoms with E-state index >= 15 is 0 Å². The van der Waals surface area contributed by atoms with Crippen LogP contribution in [0.2, 0.25) is 0 Å². The van der Waals surface area contributed by atoms with Crippen molar-refractivity contribution in [2.24, 2.45) is 5.92 Å². The van der Waals surface area contributed by atoms with Crippen LogP contribution in [0.15, 0.2) is 24.3 Å². The third-order valence-corrected chi connectivity index (χ3v) is 3.42. The van der Waals surface area contributed by atoms with Crippen LogP contribution in [0.5, 0.6) is 0 Å². The van der Waals surface area contributed by atoms with E-state index in [0.29, 0.717) is 0 Å². The molecule has 19 heavy (non-hydrogen) atoms. The molecule has 0 aromatic carbocycles. The van der Waals surface area contributed by atoms with E-state index in [1.165, 1.54) is 70.6 Å². The minimum Gasteiger partial charge on any atom is -0.0888 e. The maximum atomic E-state index is 2.38. The molecule has 0 saturated heterocycles. The van der Waals surface area contributed by atoms with Gasteiger partial charge in [0.1, 0.15) is 0 Å². The van der Waals surface area contributed by atoms with Crippen molar-refractivity contribution in [1.29, 1.82) is 0 Å². The van der Waals surface area contributed by atoms with E-state index in [1.807, 2.05) is 0 Å². The van der Waals surface area contributed by atoms with Gasteiger partial charge in [0.05, 0.1) is 0 Å². The highest BCUT2D eigenvalue weighted by molar-refractivity contribution is 4.82. The quantitative estimate of drug-likeness (QED) is 0.246. The van der Waals surface area contributed by atoms with Crippen LogP contribution in [0.4, 0.5) is 0 Å². The van der Waals surface area contributed by atoms with Crippen molar-refractivity contribution < 1.29 is 0 Å². The molecular weight excluding hydrogens is 228 g/mol. The molecule has 0 atom stereocenters. The Morgan fingerprint density at radius 3 is 1.58 bits per heavy atom. The molecule has 0 N–H and O–H groups in total. The zero-order valence-electron chi connectivity index (χ0n) is 13.7. The minimum atomic E-state index is 0.809. The van der Waals surface area contributed by atoms with Crippen molar-refractivity contribution in [1.82, 2.24) is 0 Å². The summed E-state index contributed by atoms with van der Waals surface area (Å²) in [6.07, 6.45) is 24.3. The lowest BCUT2D eigenvalue weighted by molar-refractivity contribution is 0.583. The molecule has 0 bridgehead atoms. The summed E-state index contributed by atoms with van der Waals surface area (Å²) < 4.78 is 0. The lowest BCUT2D eigenvalue weighted by Crippen LogP contribution is -1.82. The first-order valence-corrected chi connectivity index (χ1v) is 8.57. The zero-order valence-corrected chi connectivity index (χ0v) is 13.7. The van der Waals surface area contributed by atoms with Crippen LogP contribution in [0.3, 0.4) is 0 Å². The number of hydrogen-bond acceptors (Lipinski definition) is 0. The van der Waals surface area contributed by atoms with Gasteiger partial charge in [-0.15, -0.1) is 0 Å². The first-order chi connectivity index (χ1) is 9.27. The van der Waals surface area contributed by atoms with E-state index in [1.54, 1.807) is 0 Å². The van der Waals surface area contributed by atoms with Gasteiger partial charge < -0.3 is 0 Å². The molecule has 112 valence electrons. The predicted molar refractivity (Wildman–Crippen MR) is 89.6 cm³/mol. The van der Waals surface area contributed by atoms with Gasteiger partial charge in [-0.05, 0) is 44.4 Å². The molecule has 0 heterocycles. The highest BCUT2D eigenvalue weighted by atomic mass is 14.0. The smallest absolute Gasteiger partial charge is 0.0327 e. The summed E-state index contributed by atoms with van der Waals surface area (Å²) in [4.78, 5) is 0. The largest absolute Gasteiger partial charge is 0.0888 e. The summed E-state index contributed by atoms with van der Waals surface area (Å²) in [7, 11) is 0. The Labute approximate surface area is 122 Å². The molecule has 0 nitrogen and oxygen atoms in total. The van der Waals surface area contributed by atoms with Crippen LogP contribution in [0.25, 0.3) is 0 Å². The van der Waals surface area contributed by atoms with Crippen LogP contribution >= 0.6 is 0 Å². The normalized spacial score (nSPS) is 12.2. The number of hydrogen-bond donors (Lipinski definition) is 0. The van der Waals surface area contributed by atoms with Crippen LogP contribution in [-0.4, -0.2) is 0 Å². The van der Waals surface area contributed by atoms with E-state index in [9.17, 15) is 0 Å². The minimum absolute atomic E-state index is 0.809. The van der Waals surface area contributed by atoms with Crippen molar-refractivity contribution in [3.8, 4) is 0 Å². The Hall–Kier alpha value is -0.520. The Balaban J connectivity index is 3.06. The SMILES string of the molecule is CC/C=C/CCCCCCCCC/C=C/CC(C)C. The first-order valence-electron chi connectivity index (χ1n) is 8.57. The van der Waals surface area contributed by atoms with Crippen molar-refractivity contribution in [2.45, 2.75) is 91.4 Å². The summed E-state index contributed by atoms with van der Waals surface area (Å²) >= 11 is 0. The summed E-state index contributed by atoms with van der Waals surface area (Å²) in [5.74, 6) is 0.809. The topological polar surface area (TPSA) is 0 Å². The lowest BCUT2D eigenvalue weighted by atomic mass is 10.1. The molecule has 0 aliphatic carbocycles. The van der Waals surface area contributed by atoms with Crippen molar-refractivity contribution in [2.75, 3.05) is 0 Å². The fourth-order valence-electron chi connectivity index (χ4n) is 2.18. The van der Waals surface area contributed by atoms with E-state index in [-0.39, 0.29) is 0 Å². The summed E-state index contributed by atoms with van der Waals surface area (Å²) in [6.45, 7) is 6.76. The molecule has 0 radical (unpaired) electrons. The fraction of sp³-hybridized carbons (Fsp3) is 0.789. The van der Waals surface area contributed by atoms with Gasteiger partial charge in [0, 0.05) is 0 Å². The lowest BCUT2D eigenvalue weighted by Gasteiger charge is -2.00. The number of rotatable bonds is 13. The fourth-order valence-corrected chi connectivity index (χ4v) is 2.18. The van der Waals surface area contributed by atoms with Gasteiger partial charge in [-0.25, -0.2) is 0 Å². The van der Waals surface area contributed by atoms with Gasteiger partial charge in [0.15, 0.2) is 0 Å². The van der Waals surface area contributed by atoms with Crippen LogP contribution in [-0.2, 0) is 0 Å². The number of unbranched alkanes of at least 4 members (excludes halogenated alkanes) is 8. The average Bonchev–Trinajstić information content (AvgIpc) is 2.39. The molecule has 0 spiro atoms. The van der Waals surface area contributed by atoms with Gasteiger partial charge in [0.2, 0.25) is 0 Å². The molecule has 0 unspecified atom stereocenters. The standard InChI is InChI=1S/C19H36/c1-4-5-6-7-8-9-10-11-12-13-14-15-16-17-18-19(2)3/h5-6,16-17,19H,4,7-15,18H2,1-3H3/b6-5+,17-16+. The van der Waals surface area contributed by atoms with E-state index in [2.05, 4.69) is 45.1 Å². The van der Waals surface area contributed by atoms with Crippen molar-refractivity contribution in [3.63, 3.8) is 0 Å². The Morgan fingerprint density at radius 1 is 0.632 bits per heavy atom. The van der Waals surface area contributed by atoms with E-state index in [4.69, 9.17) is 0 Å². The molecule has 0 heteroatoms. The van der Waals surface area contributed by atoms with Gasteiger partial charge in [-0.2, -0.15) is 0 Å². The van der Waals surface area contributed by atoms with Gasteiger partial charge in [-0.1, -0.05) is 77.2 Å². The third kappa shape index (κ3) is 17.5. The predicted octanol–water partition coefficient (Wildman–Crippen LogP) is 7.07. The van der Waals surface area contributed by atoms with Crippen LogP contribution in [0.1, 0.15) is 91.4 Å². The Kier molecular flexibility index (Phi) is 15.1. The van der Waals surface area contributed by atoms with Crippen molar-refractivity contribution in [3.05, 3.63) is 24.3 Å². The second-order valence-corrected chi connectivity index (χ2v) is 6.03. The van der Waals surface area contributed by atoms with Crippen LogP contribution in [0, 0.1) is 5.92 Å². The first kappa shape index (κ1) is 18.5. The summed E-state index contributed by atoms with van der Waals surface area (Å²) in [5, 5.41) is 0. The molecule has 0 rings (SSSR count). The number of allylic oxidation sites excluding steroid dienone is 4. The molecule has 0 aliphatic rings. The van der Waals surface area contributed by atoms with Crippen LogP contribution < -0.4 is 0 Å². The van der Waals surface area contributed by atoms with Gasteiger partial charge in [-0.3, -0.25) is 0 Å². The molecule has 0 amide bonds. The summed E-state index contributed by atoms with van der Waals surface area (Å²) in [5.41, 5.74) is 0. The second kappa shape index (κ2) is 15.5. The van der Waals surface area contributed by atoms with E-state index < -0.39 is 0 Å². The van der Waals surface area contributed by atoms with Crippen molar-refractivity contribution >= 4 is 0 Å². The van der Waals surface area contributed by atoms with Gasteiger partial charge in [0.25, 0.3) is 0 Å². The monoisotopic (exact) mass is 264 g/mol. The molecular formula is C19H36. The maximum Gasteiger partial charge on any atom is -0.0327 e. The zero-order chi connectivity index (χ0) is 14.2. The second-order valence-electron chi connectivity index (χ2n) is 6.03. The maximum absolute atomic E-state index is 2.38.